The van der Waals surface area contributed by atoms with Crippen LogP contribution >= 0.6 is 0 Å². The second-order valence-corrected chi connectivity index (χ2v) is 57.0. The van der Waals surface area contributed by atoms with Gasteiger partial charge in [0.2, 0.25) is 0 Å². The zero-order chi connectivity index (χ0) is 35.9. The van der Waals surface area contributed by atoms with Crippen LogP contribution in [0.2, 0.25) is 22.4 Å². The zero-order valence-electron chi connectivity index (χ0n) is 33.0. The van der Waals surface area contributed by atoms with Gasteiger partial charge < -0.3 is 0 Å². The molecular formula is C47H61SiZr. The van der Waals surface area contributed by atoms with Gasteiger partial charge in [-0.15, -0.1) is 0 Å². The molecule has 0 N–H and O–H groups in total. The Morgan fingerprint density at radius 1 is 0.612 bits per heavy atom. The van der Waals surface area contributed by atoms with Crippen LogP contribution in [0.4, 0.5) is 0 Å². The summed E-state index contributed by atoms with van der Waals surface area (Å²) in [6.45, 7) is 29.0. The first-order valence-electron chi connectivity index (χ1n) is 18.8. The van der Waals surface area contributed by atoms with Crippen LogP contribution in [0, 0.1) is 12.8 Å². The molecule has 6 rings (SSSR count). The molecule has 2 heteroatoms. The Morgan fingerprint density at radius 3 is 1.59 bits per heavy atom. The van der Waals surface area contributed by atoms with E-state index in [1.807, 2.05) is 0 Å². The van der Waals surface area contributed by atoms with Crippen LogP contribution in [0.1, 0.15) is 109 Å². The van der Waals surface area contributed by atoms with Gasteiger partial charge in [-0.1, -0.05) is 0 Å². The van der Waals surface area contributed by atoms with Crippen LogP contribution in [-0.4, -0.2) is 5.92 Å². The van der Waals surface area contributed by atoms with Gasteiger partial charge in [0.15, 0.2) is 0 Å². The Bertz CT molecular complexity index is 1970. The van der Waals surface area contributed by atoms with E-state index in [9.17, 15) is 0 Å². The zero-order valence-corrected chi connectivity index (χ0v) is 36.6. The molecule has 0 saturated carbocycles. The van der Waals surface area contributed by atoms with Crippen molar-refractivity contribution in [1.82, 2.24) is 0 Å². The van der Waals surface area contributed by atoms with Crippen LogP contribution in [0.3, 0.4) is 0 Å². The molecule has 2 aliphatic rings. The van der Waals surface area contributed by atoms with Crippen molar-refractivity contribution < 1.29 is 17.9 Å². The maximum atomic E-state index is 2.90. The fourth-order valence-corrected chi connectivity index (χ4v) is 39.9. The van der Waals surface area contributed by atoms with E-state index >= 15 is 0 Å². The Morgan fingerprint density at radius 2 is 1.12 bits per heavy atom. The van der Waals surface area contributed by atoms with Crippen LogP contribution in [0.5, 0.6) is 0 Å². The number of benzene rings is 4. The van der Waals surface area contributed by atoms with E-state index in [4.69, 9.17) is 0 Å². The fourth-order valence-electron chi connectivity index (χ4n) is 9.57. The molecule has 0 aromatic heterocycles. The average molecular weight is 745 g/mol. The van der Waals surface area contributed by atoms with Gasteiger partial charge in [0.05, 0.1) is 0 Å². The summed E-state index contributed by atoms with van der Waals surface area (Å²) in [7, 11) is 0. The number of allylic oxidation sites excluding steroid dienone is 2. The predicted molar refractivity (Wildman–Crippen MR) is 218 cm³/mol. The van der Waals surface area contributed by atoms with E-state index < -0.39 is 23.9 Å². The Labute approximate surface area is 300 Å². The van der Waals surface area contributed by atoms with E-state index in [1.54, 1.807) is 22.3 Å². The number of hydrogen-bond donors (Lipinski definition) is 0. The monoisotopic (exact) mass is 743 g/mol. The molecule has 0 heterocycles. The molecule has 0 radical (unpaired) electrons. The van der Waals surface area contributed by atoms with Gasteiger partial charge in [-0.2, -0.15) is 0 Å². The van der Waals surface area contributed by atoms with Crippen molar-refractivity contribution in [2.75, 3.05) is 0 Å². The van der Waals surface area contributed by atoms with Crippen molar-refractivity contribution in [3.63, 3.8) is 0 Å². The van der Waals surface area contributed by atoms with Crippen molar-refractivity contribution in [3.05, 3.63) is 129 Å². The average Bonchev–Trinajstić information content (AvgIpc) is 3.61. The van der Waals surface area contributed by atoms with Gasteiger partial charge in [-0.3, -0.25) is 0 Å². The number of aryl methyl sites for hydroxylation is 1. The van der Waals surface area contributed by atoms with Gasteiger partial charge >= 0.3 is 303 Å². The third kappa shape index (κ3) is 5.92. The van der Waals surface area contributed by atoms with E-state index in [-0.39, 0.29) is 10.8 Å². The third-order valence-corrected chi connectivity index (χ3v) is 60.0. The van der Waals surface area contributed by atoms with Crippen molar-refractivity contribution >= 4 is 18.1 Å². The van der Waals surface area contributed by atoms with Crippen molar-refractivity contribution in [2.24, 2.45) is 5.92 Å². The molecule has 0 spiro atoms. The van der Waals surface area contributed by atoms with Crippen molar-refractivity contribution in [1.29, 1.82) is 0 Å². The molecule has 0 bridgehead atoms. The van der Waals surface area contributed by atoms with Gasteiger partial charge in [-0.25, -0.2) is 0 Å². The molecule has 2 unspecified atom stereocenters. The van der Waals surface area contributed by atoms with Crippen LogP contribution in [0.15, 0.2) is 90.0 Å². The second kappa shape index (κ2) is 12.3. The molecule has 0 fully saturated rings. The number of hydrogen-bond acceptors (Lipinski definition) is 0. The maximum absolute atomic E-state index is 3.81. The van der Waals surface area contributed by atoms with Crippen molar-refractivity contribution in [2.45, 2.75) is 110 Å². The van der Waals surface area contributed by atoms with Gasteiger partial charge in [0.1, 0.15) is 0 Å². The first-order valence-corrected chi connectivity index (χ1v) is 33.7. The summed E-state index contributed by atoms with van der Waals surface area (Å²) in [6.07, 6.45) is 5.27. The molecular weight excluding hydrogens is 684 g/mol. The quantitative estimate of drug-likeness (QED) is 0.172. The molecule has 0 nitrogen and oxygen atoms in total. The minimum atomic E-state index is -3.81. The molecule has 4 aromatic carbocycles. The Hall–Kier alpha value is -2.54. The molecule has 2 aliphatic carbocycles. The second-order valence-electron chi connectivity index (χ2n) is 19.2. The fraction of sp³-hybridized carbons (Fsp3) is 0.404. The Balaban J connectivity index is 1.54. The van der Waals surface area contributed by atoms with E-state index in [0.717, 1.165) is 0 Å². The molecule has 2 atom stereocenters. The van der Waals surface area contributed by atoms with Crippen LogP contribution < -0.4 is 0 Å². The van der Waals surface area contributed by atoms with Gasteiger partial charge in [0.25, 0.3) is 0 Å². The third-order valence-electron chi connectivity index (χ3n) is 13.1. The Kier molecular flexibility index (Phi) is 9.10. The normalized spacial score (nSPS) is 18.7. The number of rotatable bonds is 6. The summed E-state index contributed by atoms with van der Waals surface area (Å²) in [4.78, 5) is 0. The van der Waals surface area contributed by atoms with Crippen molar-refractivity contribution in [3.8, 4) is 22.3 Å². The van der Waals surface area contributed by atoms with Crippen LogP contribution in [-0.2, 0) is 28.8 Å². The molecule has 4 aromatic rings. The standard InChI is InChI=1S/C22H25.C21H23.C2H7Si.2CH3.Zr/c1-15(2)18-13-17-7-6-8-20(21(17)14-18)16-9-11-19(12-10-16)22(3,4)5;1-14-12-19-15(2)6-11-18(20(19)13-14)16-7-9-17(10-8-16)21(3,4)5;1-3-2;;;/h6-15H,1-5H3;6-13H,1-5H3;3H,1-2H3;2*1H3;. The SMILES string of the molecule is CC1=Cc2c(-c3ccc(C(C)(C)C)cc3)ccc(C)c2[CH]1[Zr]([CH3])([CH3])([CH]1C(C(C)C)=Cc2c(-c3ccc(C(C)(C)C)cc3)cccc21)[SiH](C)C. The molecule has 0 aliphatic heterocycles. The summed E-state index contributed by atoms with van der Waals surface area (Å²) in [5, 5.41) is 0. The summed E-state index contributed by atoms with van der Waals surface area (Å²) in [6, 6.07) is 31.0. The summed E-state index contributed by atoms with van der Waals surface area (Å²) < 4.78 is 6.90. The predicted octanol–water partition coefficient (Wildman–Crippen LogP) is 13.9. The first-order chi connectivity index (χ1) is 22.7. The molecule has 49 heavy (non-hydrogen) atoms. The molecule has 0 saturated heterocycles. The van der Waals surface area contributed by atoms with E-state index in [0.29, 0.717) is 13.2 Å². The molecule has 257 valence electrons. The number of fused-ring (bicyclic) bond motifs is 2. The van der Waals surface area contributed by atoms with E-state index in [1.165, 1.54) is 50.1 Å². The summed E-state index contributed by atoms with van der Waals surface area (Å²) >= 11 is -3.81. The molecule has 0 amide bonds. The topological polar surface area (TPSA) is 0 Å². The van der Waals surface area contributed by atoms with E-state index in [2.05, 4.69) is 183 Å². The van der Waals surface area contributed by atoms with Gasteiger partial charge in [0, 0.05) is 0 Å². The van der Waals surface area contributed by atoms with Gasteiger partial charge in [-0.05, 0) is 0 Å². The minimum absolute atomic E-state index is 0.149. The summed E-state index contributed by atoms with van der Waals surface area (Å²) in [5.41, 5.74) is 19.6. The summed E-state index contributed by atoms with van der Waals surface area (Å²) in [5.74, 6) is -0.674. The van der Waals surface area contributed by atoms with Crippen LogP contribution in [0.25, 0.3) is 34.4 Å². The first kappa shape index (κ1) is 36.3.